The van der Waals surface area contributed by atoms with E-state index in [2.05, 4.69) is 18.6 Å². The van der Waals surface area contributed by atoms with Gasteiger partial charge in [0.25, 0.3) is 0 Å². The van der Waals surface area contributed by atoms with Gasteiger partial charge in [-0.15, -0.1) is 0 Å². The third kappa shape index (κ3) is 3.16. The van der Waals surface area contributed by atoms with Gasteiger partial charge < -0.3 is 5.11 Å². The molecule has 1 aromatic rings. The number of nitrogens with one attached hydrogen (secondary N) is 1. The van der Waals surface area contributed by atoms with Crippen LogP contribution in [0.5, 0.6) is 0 Å². The van der Waals surface area contributed by atoms with Crippen LogP contribution >= 0.6 is 0 Å². The van der Waals surface area contributed by atoms with Crippen molar-refractivity contribution in [1.82, 2.24) is 4.72 Å². The van der Waals surface area contributed by atoms with E-state index in [-0.39, 0.29) is 16.9 Å². The molecule has 0 saturated heterocycles. The Kier molecular flexibility index (Phi) is 3.99. The smallest absolute Gasteiger partial charge is 0.240 e. The maximum Gasteiger partial charge on any atom is 0.240 e. The van der Waals surface area contributed by atoms with Gasteiger partial charge in [0.2, 0.25) is 10.0 Å². The Morgan fingerprint density at radius 2 is 2.05 bits per heavy atom. The summed E-state index contributed by atoms with van der Waals surface area (Å²) in [6.45, 7) is 4.61. The molecule has 0 aliphatic heterocycles. The average Bonchev–Trinajstić information content (AvgIpc) is 3.18. The molecule has 2 N–H and O–H groups in total. The number of benzene rings is 1. The number of aliphatic hydroxyl groups is 1. The lowest BCUT2D eigenvalue weighted by Crippen LogP contribution is -2.32. The topological polar surface area (TPSA) is 66.4 Å². The zero-order valence-electron chi connectivity index (χ0n) is 11.4. The largest absolute Gasteiger partial charge is 0.392 e. The molecule has 4 nitrogen and oxygen atoms in total. The SMILES string of the molecule is CC(C)C1(CNS(=O)(=O)c2cccc(CO)c2)CC1. The highest BCUT2D eigenvalue weighted by molar-refractivity contribution is 7.89. The van der Waals surface area contributed by atoms with Crippen LogP contribution in [0.4, 0.5) is 0 Å². The molecule has 2 rings (SSSR count). The van der Waals surface area contributed by atoms with Gasteiger partial charge in [0.05, 0.1) is 11.5 Å². The summed E-state index contributed by atoms with van der Waals surface area (Å²) < 4.78 is 27.1. The Balaban J connectivity index is 2.10. The number of sulfonamides is 1. The van der Waals surface area contributed by atoms with Crippen LogP contribution in [-0.2, 0) is 16.6 Å². The highest BCUT2D eigenvalue weighted by Crippen LogP contribution is 2.51. The van der Waals surface area contributed by atoms with Crippen molar-refractivity contribution in [3.8, 4) is 0 Å². The molecule has 0 unspecified atom stereocenters. The summed E-state index contributed by atoms with van der Waals surface area (Å²) in [6, 6.07) is 6.42. The number of aliphatic hydroxyl groups excluding tert-OH is 1. The predicted molar refractivity (Wildman–Crippen MR) is 74.1 cm³/mol. The molecule has 1 fully saturated rings. The summed E-state index contributed by atoms with van der Waals surface area (Å²) in [4.78, 5) is 0.221. The molecule has 1 aliphatic carbocycles. The van der Waals surface area contributed by atoms with Crippen molar-refractivity contribution in [1.29, 1.82) is 0 Å². The van der Waals surface area contributed by atoms with E-state index in [4.69, 9.17) is 5.11 Å². The molecule has 0 amide bonds. The molecule has 0 bridgehead atoms. The van der Waals surface area contributed by atoms with Gasteiger partial charge in [0.15, 0.2) is 0 Å². The van der Waals surface area contributed by atoms with E-state index in [1.165, 1.54) is 6.07 Å². The van der Waals surface area contributed by atoms with Crippen LogP contribution in [0.1, 0.15) is 32.3 Å². The van der Waals surface area contributed by atoms with Gasteiger partial charge in [-0.05, 0) is 41.9 Å². The van der Waals surface area contributed by atoms with Crippen molar-refractivity contribution in [3.63, 3.8) is 0 Å². The van der Waals surface area contributed by atoms with E-state index in [0.717, 1.165) is 12.8 Å². The zero-order chi connectivity index (χ0) is 14.1. The van der Waals surface area contributed by atoms with Gasteiger partial charge in [-0.3, -0.25) is 0 Å². The minimum atomic E-state index is -3.48. The number of rotatable bonds is 6. The summed E-state index contributed by atoms with van der Waals surface area (Å²) in [6.07, 6.45) is 2.17. The molecule has 1 aliphatic rings. The summed E-state index contributed by atoms with van der Waals surface area (Å²) in [5.74, 6) is 0.485. The quantitative estimate of drug-likeness (QED) is 0.838. The van der Waals surface area contributed by atoms with Crippen molar-refractivity contribution in [2.45, 2.75) is 38.2 Å². The maximum absolute atomic E-state index is 12.2. The molecule has 19 heavy (non-hydrogen) atoms. The van der Waals surface area contributed by atoms with E-state index in [1.54, 1.807) is 18.2 Å². The third-order valence-corrected chi connectivity index (χ3v) is 5.52. The Labute approximate surface area is 114 Å². The molecule has 1 aromatic carbocycles. The van der Waals surface area contributed by atoms with Gasteiger partial charge in [-0.2, -0.15) is 0 Å². The van der Waals surface area contributed by atoms with E-state index < -0.39 is 10.0 Å². The minimum absolute atomic E-state index is 0.141. The van der Waals surface area contributed by atoms with Crippen LogP contribution < -0.4 is 4.72 Å². The monoisotopic (exact) mass is 283 g/mol. The molecule has 0 atom stereocenters. The molecule has 1 saturated carbocycles. The summed E-state index contributed by atoms with van der Waals surface area (Å²) in [7, 11) is -3.48. The van der Waals surface area contributed by atoms with Crippen molar-refractivity contribution in [2.75, 3.05) is 6.54 Å². The second-order valence-electron chi connectivity index (χ2n) is 5.65. The fraction of sp³-hybridized carbons (Fsp3) is 0.571. The normalized spacial score (nSPS) is 17.7. The van der Waals surface area contributed by atoms with Crippen molar-refractivity contribution < 1.29 is 13.5 Å². The van der Waals surface area contributed by atoms with Gasteiger partial charge in [-0.1, -0.05) is 26.0 Å². The highest BCUT2D eigenvalue weighted by atomic mass is 32.2. The van der Waals surface area contributed by atoms with E-state index >= 15 is 0 Å². The first-order valence-corrected chi connectivity index (χ1v) is 8.07. The molecule has 0 aromatic heterocycles. The van der Waals surface area contributed by atoms with Gasteiger partial charge in [-0.25, -0.2) is 13.1 Å². The summed E-state index contributed by atoms with van der Waals surface area (Å²) in [5.41, 5.74) is 0.745. The maximum atomic E-state index is 12.2. The second-order valence-corrected chi connectivity index (χ2v) is 7.41. The van der Waals surface area contributed by atoms with Gasteiger partial charge >= 0.3 is 0 Å². The predicted octanol–water partition coefficient (Wildman–Crippen LogP) is 1.89. The Morgan fingerprint density at radius 1 is 1.37 bits per heavy atom. The molecule has 0 spiro atoms. The van der Waals surface area contributed by atoms with E-state index in [0.29, 0.717) is 18.0 Å². The van der Waals surface area contributed by atoms with Crippen molar-refractivity contribution >= 4 is 10.0 Å². The highest BCUT2D eigenvalue weighted by Gasteiger charge is 2.45. The molecule has 0 heterocycles. The van der Waals surface area contributed by atoms with Crippen LogP contribution in [0.25, 0.3) is 0 Å². The lowest BCUT2D eigenvalue weighted by molar-refractivity contribution is 0.281. The number of hydrogen-bond acceptors (Lipinski definition) is 3. The molecular weight excluding hydrogens is 262 g/mol. The standard InChI is InChI=1S/C14H21NO3S/c1-11(2)14(6-7-14)10-15-19(17,18)13-5-3-4-12(8-13)9-16/h3-5,8,11,15-16H,6-7,9-10H2,1-2H3. The van der Waals surface area contributed by atoms with Gasteiger partial charge in [0.1, 0.15) is 0 Å². The van der Waals surface area contributed by atoms with Gasteiger partial charge in [0, 0.05) is 6.54 Å². The average molecular weight is 283 g/mol. The Morgan fingerprint density at radius 3 is 2.58 bits per heavy atom. The van der Waals surface area contributed by atoms with Crippen molar-refractivity contribution in [3.05, 3.63) is 29.8 Å². The van der Waals surface area contributed by atoms with E-state index in [1.807, 2.05) is 0 Å². The first-order chi connectivity index (χ1) is 8.89. The zero-order valence-corrected chi connectivity index (χ0v) is 12.2. The molecule has 5 heteroatoms. The summed E-state index contributed by atoms with van der Waals surface area (Å²) in [5, 5.41) is 9.05. The second kappa shape index (κ2) is 5.23. The van der Waals surface area contributed by atoms with Crippen LogP contribution in [0.2, 0.25) is 0 Å². The minimum Gasteiger partial charge on any atom is -0.392 e. The van der Waals surface area contributed by atoms with Crippen LogP contribution in [0.15, 0.2) is 29.2 Å². The fourth-order valence-corrected chi connectivity index (χ4v) is 3.46. The lowest BCUT2D eigenvalue weighted by atomic mass is 9.93. The summed E-state index contributed by atoms with van der Waals surface area (Å²) >= 11 is 0. The lowest BCUT2D eigenvalue weighted by Gasteiger charge is -2.20. The first-order valence-electron chi connectivity index (χ1n) is 6.59. The van der Waals surface area contributed by atoms with Crippen LogP contribution in [0.3, 0.4) is 0 Å². The van der Waals surface area contributed by atoms with Crippen molar-refractivity contribution in [2.24, 2.45) is 11.3 Å². The molecule has 0 radical (unpaired) electrons. The molecular formula is C14H21NO3S. The van der Waals surface area contributed by atoms with Crippen LogP contribution in [-0.4, -0.2) is 20.1 Å². The fourth-order valence-electron chi connectivity index (χ4n) is 2.25. The first kappa shape index (κ1) is 14.5. The Hall–Kier alpha value is -0.910. The molecule has 106 valence electrons. The van der Waals surface area contributed by atoms with E-state index in [9.17, 15) is 8.42 Å². The Bertz CT molecular complexity index is 548. The van der Waals surface area contributed by atoms with Crippen LogP contribution in [0, 0.1) is 11.3 Å². The number of hydrogen-bond donors (Lipinski definition) is 2. The third-order valence-electron chi connectivity index (χ3n) is 4.12.